The first-order valence-corrected chi connectivity index (χ1v) is 8.65. The summed E-state index contributed by atoms with van der Waals surface area (Å²) in [6.07, 6.45) is 7.19. The fraction of sp³-hybridized carbons (Fsp3) is 0.238. The van der Waals surface area contributed by atoms with Crippen LogP contribution in [0.2, 0.25) is 0 Å². The first-order valence-electron chi connectivity index (χ1n) is 8.65. The number of hydrogen-bond acceptors (Lipinski definition) is 5. The first kappa shape index (κ1) is 16.5. The lowest BCUT2D eigenvalue weighted by Gasteiger charge is -2.30. The molecule has 3 aromatic rings. The molecule has 0 radical (unpaired) electrons. The average molecular weight is 348 g/mol. The number of aromatic nitrogens is 2. The first-order chi connectivity index (χ1) is 12.8. The standard InChI is InChI=1S/C21H20N2O3/c24-21-17(10-16-2-1-7-23-12-16)14-26-20-4-3-18(11-19(20)21)25-13-15-5-8-22-9-6-15/h1-9,11-12,17,21,24H,10,13-14H2/t17-,21-/m0/s1. The zero-order valence-electron chi connectivity index (χ0n) is 14.3. The number of aliphatic hydroxyl groups excluding tert-OH is 1. The number of pyridine rings is 2. The fourth-order valence-corrected chi connectivity index (χ4v) is 3.16. The molecule has 26 heavy (non-hydrogen) atoms. The second-order valence-electron chi connectivity index (χ2n) is 6.43. The zero-order chi connectivity index (χ0) is 17.8. The maximum atomic E-state index is 10.8. The molecule has 5 nitrogen and oxygen atoms in total. The van der Waals surface area contributed by atoms with E-state index in [0.717, 1.165) is 28.9 Å². The molecular formula is C21H20N2O3. The molecule has 0 saturated heterocycles. The maximum Gasteiger partial charge on any atom is 0.125 e. The van der Waals surface area contributed by atoms with E-state index in [9.17, 15) is 5.11 Å². The van der Waals surface area contributed by atoms with E-state index in [2.05, 4.69) is 9.97 Å². The van der Waals surface area contributed by atoms with Gasteiger partial charge in [0.25, 0.3) is 0 Å². The van der Waals surface area contributed by atoms with Crippen molar-refractivity contribution >= 4 is 0 Å². The van der Waals surface area contributed by atoms with Crippen LogP contribution in [-0.4, -0.2) is 21.7 Å². The summed E-state index contributed by atoms with van der Waals surface area (Å²) in [6.45, 7) is 0.942. The molecule has 5 heteroatoms. The Morgan fingerprint density at radius 1 is 1.04 bits per heavy atom. The van der Waals surface area contributed by atoms with Crippen LogP contribution >= 0.6 is 0 Å². The van der Waals surface area contributed by atoms with Gasteiger partial charge in [0.1, 0.15) is 18.1 Å². The molecule has 0 bridgehead atoms. The average Bonchev–Trinajstić information content (AvgIpc) is 2.70. The Bertz CT molecular complexity index is 856. The summed E-state index contributed by atoms with van der Waals surface area (Å²) >= 11 is 0. The van der Waals surface area contributed by atoms with E-state index < -0.39 is 6.10 Å². The number of hydrogen-bond donors (Lipinski definition) is 1. The highest BCUT2D eigenvalue weighted by atomic mass is 16.5. The summed E-state index contributed by atoms with van der Waals surface area (Å²) in [4.78, 5) is 8.14. The molecule has 0 fully saturated rings. The van der Waals surface area contributed by atoms with E-state index in [-0.39, 0.29) is 5.92 Å². The van der Waals surface area contributed by atoms with Gasteiger partial charge in [-0.15, -0.1) is 0 Å². The van der Waals surface area contributed by atoms with E-state index in [0.29, 0.717) is 19.0 Å². The second kappa shape index (κ2) is 7.54. The largest absolute Gasteiger partial charge is 0.493 e. The molecule has 2 atom stereocenters. The molecule has 0 saturated carbocycles. The van der Waals surface area contributed by atoms with Gasteiger partial charge < -0.3 is 14.6 Å². The van der Waals surface area contributed by atoms with Gasteiger partial charge in [0.05, 0.1) is 12.7 Å². The molecular weight excluding hydrogens is 328 g/mol. The monoisotopic (exact) mass is 348 g/mol. The van der Waals surface area contributed by atoms with Gasteiger partial charge in [-0.25, -0.2) is 0 Å². The van der Waals surface area contributed by atoms with Crippen molar-refractivity contribution in [1.29, 1.82) is 0 Å². The van der Waals surface area contributed by atoms with Crippen LogP contribution in [0.3, 0.4) is 0 Å². The molecule has 1 aromatic carbocycles. The summed E-state index contributed by atoms with van der Waals surface area (Å²) < 4.78 is 11.7. The molecule has 132 valence electrons. The summed E-state index contributed by atoms with van der Waals surface area (Å²) in [6, 6.07) is 13.4. The topological polar surface area (TPSA) is 64.5 Å². The molecule has 1 N–H and O–H groups in total. The summed E-state index contributed by atoms with van der Waals surface area (Å²) in [7, 11) is 0. The van der Waals surface area contributed by atoms with Gasteiger partial charge >= 0.3 is 0 Å². The molecule has 0 amide bonds. The Hall–Kier alpha value is -2.92. The molecule has 3 heterocycles. The van der Waals surface area contributed by atoms with Crippen LogP contribution in [-0.2, 0) is 13.0 Å². The summed E-state index contributed by atoms with van der Waals surface area (Å²) in [5.74, 6) is 1.42. The molecule has 0 spiro atoms. The van der Waals surface area contributed by atoms with Crippen LogP contribution < -0.4 is 9.47 Å². The van der Waals surface area contributed by atoms with E-state index >= 15 is 0 Å². The third-order valence-electron chi connectivity index (χ3n) is 4.57. The van der Waals surface area contributed by atoms with Gasteiger partial charge in [-0.3, -0.25) is 9.97 Å². The lowest BCUT2D eigenvalue weighted by Crippen LogP contribution is -2.27. The van der Waals surface area contributed by atoms with Crippen molar-refractivity contribution in [1.82, 2.24) is 9.97 Å². The van der Waals surface area contributed by atoms with Crippen LogP contribution in [0.15, 0.2) is 67.3 Å². The summed E-state index contributed by atoms with van der Waals surface area (Å²) in [5, 5.41) is 10.8. The minimum absolute atomic E-state index is 0.0119. The van der Waals surface area contributed by atoms with Crippen molar-refractivity contribution in [3.63, 3.8) is 0 Å². The minimum Gasteiger partial charge on any atom is -0.493 e. The predicted octanol–water partition coefficient (Wildman–Crippen LogP) is 3.34. The van der Waals surface area contributed by atoms with Crippen LogP contribution in [0, 0.1) is 5.92 Å². The quantitative estimate of drug-likeness (QED) is 0.766. The van der Waals surface area contributed by atoms with E-state index in [1.807, 2.05) is 48.7 Å². The van der Waals surface area contributed by atoms with Crippen LogP contribution in [0.25, 0.3) is 0 Å². The third kappa shape index (κ3) is 3.68. The van der Waals surface area contributed by atoms with Crippen molar-refractivity contribution in [3.05, 3.63) is 83.9 Å². The van der Waals surface area contributed by atoms with Gasteiger partial charge in [0.15, 0.2) is 0 Å². The Balaban J connectivity index is 1.48. The number of rotatable bonds is 5. The Morgan fingerprint density at radius 3 is 2.73 bits per heavy atom. The van der Waals surface area contributed by atoms with Crippen molar-refractivity contribution in [3.8, 4) is 11.5 Å². The van der Waals surface area contributed by atoms with Crippen LogP contribution in [0.4, 0.5) is 0 Å². The predicted molar refractivity (Wildman–Crippen MR) is 96.9 cm³/mol. The zero-order valence-corrected chi connectivity index (χ0v) is 14.3. The molecule has 1 aliphatic rings. The number of ether oxygens (including phenoxy) is 2. The van der Waals surface area contributed by atoms with Gasteiger partial charge in [0.2, 0.25) is 0 Å². The highest BCUT2D eigenvalue weighted by Crippen LogP contribution is 2.38. The summed E-state index contributed by atoms with van der Waals surface area (Å²) in [5.41, 5.74) is 2.91. The number of fused-ring (bicyclic) bond motifs is 1. The molecule has 0 aliphatic carbocycles. The highest BCUT2D eigenvalue weighted by molar-refractivity contribution is 5.43. The van der Waals surface area contributed by atoms with Gasteiger partial charge in [-0.1, -0.05) is 6.07 Å². The molecule has 4 rings (SSSR count). The van der Waals surface area contributed by atoms with Crippen molar-refractivity contribution in [2.75, 3.05) is 6.61 Å². The normalized spacial score (nSPS) is 18.7. The molecule has 0 unspecified atom stereocenters. The van der Waals surface area contributed by atoms with Gasteiger partial charge in [0, 0.05) is 36.3 Å². The SMILES string of the molecule is O[C@@H]1c2cc(OCc3ccncc3)ccc2OC[C@@H]1Cc1cccnc1. The number of benzene rings is 1. The fourth-order valence-electron chi connectivity index (χ4n) is 3.16. The smallest absolute Gasteiger partial charge is 0.125 e. The minimum atomic E-state index is -0.594. The van der Waals surface area contributed by atoms with Gasteiger partial charge in [-0.05, 0) is 53.9 Å². The Labute approximate surface area is 152 Å². The van der Waals surface area contributed by atoms with E-state index in [1.54, 1.807) is 18.6 Å². The lowest BCUT2D eigenvalue weighted by molar-refractivity contribution is 0.0504. The van der Waals surface area contributed by atoms with Crippen molar-refractivity contribution < 1.29 is 14.6 Å². The highest BCUT2D eigenvalue weighted by Gasteiger charge is 2.30. The Morgan fingerprint density at radius 2 is 1.92 bits per heavy atom. The molecule has 2 aromatic heterocycles. The van der Waals surface area contributed by atoms with Crippen LogP contribution in [0.5, 0.6) is 11.5 Å². The van der Waals surface area contributed by atoms with E-state index in [1.165, 1.54) is 0 Å². The van der Waals surface area contributed by atoms with E-state index in [4.69, 9.17) is 9.47 Å². The van der Waals surface area contributed by atoms with Crippen molar-refractivity contribution in [2.24, 2.45) is 5.92 Å². The third-order valence-corrected chi connectivity index (χ3v) is 4.57. The molecule has 1 aliphatic heterocycles. The Kier molecular flexibility index (Phi) is 4.80. The lowest BCUT2D eigenvalue weighted by atomic mass is 9.88. The maximum absolute atomic E-state index is 10.8. The number of nitrogens with zero attached hydrogens (tertiary/aromatic N) is 2. The van der Waals surface area contributed by atoms with Gasteiger partial charge in [-0.2, -0.15) is 0 Å². The number of aliphatic hydroxyl groups is 1. The van der Waals surface area contributed by atoms with Crippen molar-refractivity contribution in [2.45, 2.75) is 19.1 Å². The van der Waals surface area contributed by atoms with Crippen LogP contribution in [0.1, 0.15) is 22.8 Å². The second-order valence-corrected chi connectivity index (χ2v) is 6.43.